The Morgan fingerprint density at radius 1 is 0.809 bits per heavy atom. The van der Waals surface area contributed by atoms with Crippen LogP contribution in [-0.2, 0) is 32.6 Å². The van der Waals surface area contributed by atoms with E-state index < -0.39 is 28.5 Å². The molecule has 0 unspecified atom stereocenters. The van der Waals surface area contributed by atoms with Crippen LogP contribution < -0.4 is 19.1 Å². The number of carbonyl (C=O) groups is 2. The number of ether oxygens (including phenoxy) is 2. The number of methoxy groups -OCH3 is 2. The molecule has 0 bridgehead atoms. The predicted octanol–water partition coefficient (Wildman–Crippen LogP) is 5.76. The van der Waals surface area contributed by atoms with Gasteiger partial charge < -0.3 is 19.7 Å². The molecular formula is C37H43N3O6S. The number of anilines is 1. The molecule has 2 amide bonds. The topological polar surface area (TPSA) is 105 Å². The molecule has 2 atom stereocenters. The van der Waals surface area contributed by atoms with Crippen LogP contribution in [0.1, 0.15) is 37.0 Å². The van der Waals surface area contributed by atoms with Gasteiger partial charge in [-0.2, -0.15) is 0 Å². The molecular weight excluding hydrogens is 614 g/mol. The lowest BCUT2D eigenvalue weighted by Crippen LogP contribution is -2.54. The van der Waals surface area contributed by atoms with E-state index in [1.54, 1.807) is 36.4 Å². The molecule has 0 aliphatic rings. The Labute approximate surface area is 278 Å². The summed E-state index contributed by atoms with van der Waals surface area (Å²) in [6, 6.07) is 28.7. The minimum atomic E-state index is -4.30. The van der Waals surface area contributed by atoms with Crippen molar-refractivity contribution in [2.45, 2.75) is 57.1 Å². The Kier molecular flexibility index (Phi) is 12.0. The van der Waals surface area contributed by atoms with Crippen LogP contribution in [0.2, 0.25) is 0 Å². The summed E-state index contributed by atoms with van der Waals surface area (Å²) in [7, 11) is -1.36. The maximum Gasteiger partial charge on any atom is 0.264 e. The van der Waals surface area contributed by atoms with Crippen molar-refractivity contribution in [3.63, 3.8) is 0 Å². The number of nitrogens with zero attached hydrogens (tertiary/aromatic N) is 2. The summed E-state index contributed by atoms with van der Waals surface area (Å²) in [4.78, 5) is 30.1. The van der Waals surface area contributed by atoms with Crippen LogP contribution in [0.4, 0.5) is 5.69 Å². The van der Waals surface area contributed by atoms with Gasteiger partial charge in [0.15, 0.2) is 0 Å². The number of hydrogen-bond acceptors (Lipinski definition) is 6. The van der Waals surface area contributed by atoms with Crippen molar-refractivity contribution in [1.82, 2.24) is 10.2 Å². The number of carbonyl (C=O) groups excluding carboxylic acids is 2. The van der Waals surface area contributed by atoms with E-state index in [1.807, 2.05) is 75.4 Å². The second kappa shape index (κ2) is 16.1. The molecule has 248 valence electrons. The molecule has 0 aromatic heterocycles. The van der Waals surface area contributed by atoms with E-state index in [1.165, 1.54) is 31.3 Å². The average Bonchev–Trinajstić information content (AvgIpc) is 3.09. The number of amides is 2. The van der Waals surface area contributed by atoms with Crippen LogP contribution in [0.15, 0.2) is 108 Å². The van der Waals surface area contributed by atoms with Crippen LogP contribution >= 0.6 is 0 Å². The molecule has 0 fully saturated rings. The zero-order valence-electron chi connectivity index (χ0n) is 27.6. The van der Waals surface area contributed by atoms with Crippen LogP contribution in [-0.4, -0.2) is 58.0 Å². The first-order valence-electron chi connectivity index (χ1n) is 15.6. The first-order valence-corrected chi connectivity index (χ1v) is 17.0. The van der Waals surface area contributed by atoms with Crippen LogP contribution in [0.25, 0.3) is 0 Å². The van der Waals surface area contributed by atoms with Crippen LogP contribution in [0.5, 0.6) is 11.5 Å². The van der Waals surface area contributed by atoms with Crippen molar-refractivity contribution in [3.8, 4) is 11.5 Å². The van der Waals surface area contributed by atoms with Gasteiger partial charge in [-0.1, -0.05) is 79.2 Å². The van der Waals surface area contributed by atoms with E-state index in [-0.39, 0.29) is 41.2 Å². The highest BCUT2D eigenvalue weighted by atomic mass is 32.2. The molecule has 4 aromatic carbocycles. The Balaban J connectivity index is 1.83. The number of sulfonamides is 1. The molecule has 10 heteroatoms. The molecule has 0 aliphatic heterocycles. The monoisotopic (exact) mass is 657 g/mol. The second-order valence-corrected chi connectivity index (χ2v) is 13.3. The Morgan fingerprint density at radius 3 is 2.06 bits per heavy atom. The Bertz CT molecular complexity index is 1730. The van der Waals surface area contributed by atoms with Gasteiger partial charge in [0.1, 0.15) is 24.1 Å². The van der Waals surface area contributed by atoms with Crippen LogP contribution in [0.3, 0.4) is 0 Å². The van der Waals surface area contributed by atoms with Crippen molar-refractivity contribution >= 4 is 27.5 Å². The lowest BCUT2D eigenvalue weighted by atomic mass is 10.0. The summed E-state index contributed by atoms with van der Waals surface area (Å²) in [6.45, 7) is 5.37. The highest BCUT2D eigenvalue weighted by molar-refractivity contribution is 7.92. The van der Waals surface area contributed by atoms with Gasteiger partial charge in [0.2, 0.25) is 11.8 Å². The maximum absolute atomic E-state index is 14.6. The molecule has 0 radical (unpaired) electrons. The summed E-state index contributed by atoms with van der Waals surface area (Å²) >= 11 is 0. The molecule has 9 nitrogen and oxygen atoms in total. The van der Waals surface area contributed by atoms with E-state index in [4.69, 9.17) is 9.47 Å². The normalized spacial score (nSPS) is 12.4. The first kappa shape index (κ1) is 35.0. The number of para-hydroxylation sites is 2. The highest BCUT2D eigenvalue weighted by Gasteiger charge is 2.35. The molecule has 47 heavy (non-hydrogen) atoms. The maximum atomic E-state index is 14.6. The van der Waals surface area contributed by atoms with Gasteiger partial charge in [-0.05, 0) is 67.8 Å². The minimum absolute atomic E-state index is 0.0301. The molecule has 0 saturated carbocycles. The zero-order chi connectivity index (χ0) is 34.0. The third-order valence-electron chi connectivity index (χ3n) is 8.03. The fraction of sp³-hybridized carbons (Fsp3) is 0.297. The molecule has 0 heterocycles. The molecule has 0 spiro atoms. The first-order chi connectivity index (χ1) is 22.6. The number of nitrogens with one attached hydrogen (secondary N) is 1. The largest absolute Gasteiger partial charge is 0.497 e. The van der Waals surface area contributed by atoms with Crippen molar-refractivity contribution in [2.75, 3.05) is 25.1 Å². The molecule has 1 N–H and O–H groups in total. The SMILES string of the molecule is CC[C@H](C)NC(=O)[C@H](Cc1ccccc1)N(Cc1ccc(C)cc1)C(=O)CN(c1ccccc1OC)S(=O)(=O)c1ccc(OC)cc1. The summed E-state index contributed by atoms with van der Waals surface area (Å²) in [6.07, 6.45) is 0.942. The van der Waals surface area contributed by atoms with Gasteiger partial charge in [-0.25, -0.2) is 8.42 Å². The van der Waals surface area contributed by atoms with E-state index in [2.05, 4.69) is 5.32 Å². The summed E-state index contributed by atoms with van der Waals surface area (Å²) in [5.41, 5.74) is 2.92. The van der Waals surface area contributed by atoms with E-state index in [9.17, 15) is 18.0 Å². The predicted molar refractivity (Wildman–Crippen MR) is 184 cm³/mol. The van der Waals surface area contributed by atoms with Gasteiger partial charge in [0.05, 0.1) is 24.8 Å². The van der Waals surface area contributed by atoms with Crippen molar-refractivity contribution < 1.29 is 27.5 Å². The summed E-state index contributed by atoms with van der Waals surface area (Å²) in [5.74, 6) is -0.0960. The standard InChI is InChI=1S/C37H43N3O6S/c1-6-28(3)38-37(42)34(24-29-12-8-7-9-13-29)39(25-30-18-16-27(2)17-19-30)36(41)26-40(33-14-10-11-15-35(33)46-5)47(43,44)32-22-20-31(45-4)21-23-32/h7-23,28,34H,6,24-26H2,1-5H3,(H,38,42)/t28-,34-/m0/s1. The van der Waals surface area contributed by atoms with Gasteiger partial charge >= 0.3 is 0 Å². The lowest BCUT2D eigenvalue weighted by molar-refractivity contribution is -0.140. The summed E-state index contributed by atoms with van der Waals surface area (Å²) < 4.78 is 40.4. The number of benzene rings is 4. The van der Waals surface area contributed by atoms with Gasteiger partial charge in [0.25, 0.3) is 10.0 Å². The number of hydrogen-bond donors (Lipinski definition) is 1. The van der Waals surface area contributed by atoms with Gasteiger partial charge in [-0.3, -0.25) is 13.9 Å². The zero-order valence-corrected chi connectivity index (χ0v) is 28.4. The Morgan fingerprint density at radius 2 is 1.45 bits per heavy atom. The number of aryl methyl sites for hydroxylation is 1. The molecule has 4 aromatic rings. The lowest BCUT2D eigenvalue weighted by Gasteiger charge is -2.34. The Hall–Kier alpha value is -4.83. The van der Waals surface area contributed by atoms with E-state index >= 15 is 0 Å². The fourth-order valence-corrected chi connectivity index (χ4v) is 6.53. The second-order valence-electron chi connectivity index (χ2n) is 11.4. The summed E-state index contributed by atoms with van der Waals surface area (Å²) in [5, 5.41) is 3.05. The minimum Gasteiger partial charge on any atom is -0.497 e. The molecule has 0 saturated heterocycles. The smallest absolute Gasteiger partial charge is 0.264 e. The van der Waals surface area contributed by atoms with Crippen molar-refractivity contribution in [1.29, 1.82) is 0 Å². The molecule has 4 rings (SSSR count). The number of rotatable bonds is 15. The highest BCUT2D eigenvalue weighted by Crippen LogP contribution is 2.33. The van der Waals surface area contributed by atoms with Crippen molar-refractivity contribution in [2.24, 2.45) is 0 Å². The average molecular weight is 658 g/mol. The van der Waals surface area contributed by atoms with E-state index in [0.29, 0.717) is 12.2 Å². The molecule has 0 aliphatic carbocycles. The van der Waals surface area contributed by atoms with Gasteiger partial charge in [0, 0.05) is 19.0 Å². The van der Waals surface area contributed by atoms with E-state index in [0.717, 1.165) is 21.0 Å². The fourth-order valence-electron chi connectivity index (χ4n) is 5.11. The van der Waals surface area contributed by atoms with Gasteiger partial charge in [-0.15, -0.1) is 0 Å². The quantitative estimate of drug-likeness (QED) is 0.174. The van der Waals surface area contributed by atoms with Crippen LogP contribution in [0, 0.1) is 6.92 Å². The third-order valence-corrected chi connectivity index (χ3v) is 9.80. The van der Waals surface area contributed by atoms with Crippen molar-refractivity contribution in [3.05, 3.63) is 120 Å². The third kappa shape index (κ3) is 8.92.